The largest absolute Gasteiger partial charge is 0.411 e. The van der Waals surface area contributed by atoms with E-state index in [0.717, 1.165) is 23.2 Å². The maximum atomic E-state index is 12.1. The van der Waals surface area contributed by atoms with Crippen LogP contribution in [0.5, 0.6) is 0 Å². The number of aliphatic imine (C=N–C) groups is 1. The first-order valence-corrected chi connectivity index (χ1v) is 9.71. The quantitative estimate of drug-likeness (QED) is 0.445. The maximum Gasteiger partial charge on any atom is 0.411 e. The van der Waals surface area contributed by atoms with Gasteiger partial charge in [0.15, 0.2) is 5.96 Å². The highest BCUT2D eigenvalue weighted by Crippen LogP contribution is 2.16. The van der Waals surface area contributed by atoms with Crippen molar-refractivity contribution in [3.63, 3.8) is 0 Å². The molecule has 0 aliphatic carbocycles. The van der Waals surface area contributed by atoms with Crippen molar-refractivity contribution in [2.24, 2.45) is 4.99 Å². The second-order valence-electron chi connectivity index (χ2n) is 6.73. The van der Waals surface area contributed by atoms with E-state index in [-0.39, 0.29) is 6.61 Å². The van der Waals surface area contributed by atoms with Crippen LogP contribution in [0.1, 0.15) is 29.2 Å². The molecule has 0 aliphatic rings. The van der Waals surface area contributed by atoms with Gasteiger partial charge in [0, 0.05) is 20.2 Å². The first-order chi connectivity index (χ1) is 14.4. The molecule has 0 bridgehead atoms. The smallest absolute Gasteiger partial charge is 0.380 e. The summed E-state index contributed by atoms with van der Waals surface area (Å²) in [5.74, 6) is 0.687. The monoisotopic (exact) mass is 423 g/mol. The summed E-state index contributed by atoms with van der Waals surface area (Å²) in [6.07, 6.45) is -4.31. The fourth-order valence-electron chi connectivity index (χ4n) is 2.72. The Balaban J connectivity index is 1.87. The molecule has 0 heterocycles. The first kappa shape index (κ1) is 23.7. The van der Waals surface area contributed by atoms with E-state index < -0.39 is 12.8 Å². The van der Waals surface area contributed by atoms with Crippen LogP contribution in [0.15, 0.2) is 53.5 Å². The van der Waals surface area contributed by atoms with Gasteiger partial charge in [-0.05, 0) is 29.2 Å². The molecule has 0 saturated heterocycles. The fraction of sp³-hybridized carbons (Fsp3) is 0.409. The predicted octanol–water partition coefficient (Wildman–Crippen LogP) is 4.17. The third-order valence-corrected chi connectivity index (χ3v) is 4.08. The summed E-state index contributed by atoms with van der Waals surface area (Å²) in [6, 6.07) is 15.3. The molecular weight excluding hydrogens is 395 g/mol. The molecule has 0 atom stereocenters. The van der Waals surface area contributed by atoms with Gasteiger partial charge in [0.05, 0.1) is 19.8 Å². The number of hydrogen-bond donors (Lipinski definition) is 2. The lowest BCUT2D eigenvalue weighted by molar-refractivity contribution is -0.176. The van der Waals surface area contributed by atoms with Crippen LogP contribution in [-0.2, 0) is 35.8 Å². The van der Waals surface area contributed by atoms with E-state index >= 15 is 0 Å². The number of hydrogen-bond acceptors (Lipinski definition) is 3. The Bertz CT molecular complexity index is 793. The van der Waals surface area contributed by atoms with Crippen molar-refractivity contribution < 1.29 is 22.6 Å². The number of methoxy groups -OCH3 is 1. The number of guanidine groups is 1. The van der Waals surface area contributed by atoms with E-state index in [9.17, 15) is 13.2 Å². The van der Waals surface area contributed by atoms with E-state index in [1.165, 1.54) is 0 Å². The Morgan fingerprint density at radius 2 is 1.63 bits per heavy atom. The van der Waals surface area contributed by atoms with E-state index in [2.05, 4.69) is 26.4 Å². The molecule has 0 saturated carbocycles. The molecule has 2 aromatic rings. The van der Waals surface area contributed by atoms with Crippen LogP contribution in [0.25, 0.3) is 0 Å². The SMILES string of the molecule is CCNC(=NCc1cccc(COC)c1)NCc1ccc(COCC(F)(F)F)cc1. The lowest BCUT2D eigenvalue weighted by Gasteiger charge is -2.12. The second-order valence-corrected chi connectivity index (χ2v) is 6.73. The fourth-order valence-corrected chi connectivity index (χ4v) is 2.72. The van der Waals surface area contributed by atoms with Gasteiger partial charge < -0.3 is 20.1 Å². The van der Waals surface area contributed by atoms with E-state index in [1.54, 1.807) is 19.2 Å². The zero-order valence-corrected chi connectivity index (χ0v) is 17.3. The van der Waals surface area contributed by atoms with Crippen molar-refractivity contribution in [2.75, 3.05) is 20.3 Å². The van der Waals surface area contributed by atoms with Crippen molar-refractivity contribution in [1.29, 1.82) is 0 Å². The summed E-state index contributed by atoms with van der Waals surface area (Å²) in [5, 5.41) is 6.47. The normalized spacial score (nSPS) is 12.1. The molecule has 0 amide bonds. The molecule has 0 aromatic heterocycles. The van der Waals surface area contributed by atoms with Crippen molar-refractivity contribution in [1.82, 2.24) is 10.6 Å². The molecule has 0 spiro atoms. The third-order valence-electron chi connectivity index (χ3n) is 4.08. The molecule has 0 unspecified atom stereocenters. The summed E-state index contributed by atoms with van der Waals surface area (Å²) < 4.78 is 46.2. The van der Waals surface area contributed by atoms with Crippen LogP contribution >= 0.6 is 0 Å². The predicted molar refractivity (Wildman–Crippen MR) is 111 cm³/mol. The van der Waals surface area contributed by atoms with Gasteiger partial charge in [0.25, 0.3) is 0 Å². The number of halogens is 3. The third kappa shape index (κ3) is 9.28. The van der Waals surface area contributed by atoms with E-state index in [4.69, 9.17) is 4.74 Å². The number of rotatable bonds is 10. The summed E-state index contributed by atoms with van der Waals surface area (Å²) in [7, 11) is 1.67. The van der Waals surface area contributed by atoms with Gasteiger partial charge in [-0.25, -0.2) is 4.99 Å². The Hall–Kier alpha value is -2.58. The highest BCUT2D eigenvalue weighted by Gasteiger charge is 2.27. The summed E-state index contributed by atoms with van der Waals surface area (Å²) in [6.45, 7) is 3.04. The molecule has 30 heavy (non-hydrogen) atoms. The minimum atomic E-state index is -4.31. The number of alkyl halides is 3. The number of ether oxygens (including phenoxy) is 2. The van der Waals surface area contributed by atoms with Gasteiger partial charge in [-0.2, -0.15) is 13.2 Å². The van der Waals surface area contributed by atoms with Crippen LogP contribution in [0.3, 0.4) is 0 Å². The van der Waals surface area contributed by atoms with Crippen LogP contribution < -0.4 is 10.6 Å². The van der Waals surface area contributed by atoms with Gasteiger partial charge in [-0.3, -0.25) is 0 Å². The first-order valence-electron chi connectivity index (χ1n) is 9.71. The summed E-state index contributed by atoms with van der Waals surface area (Å²) >= 11 is 0. The van der Waals surface area contributed by atoms with Gasteiger partial charge in [0.1, 0.15) is 6.61 Å². The highest BCUT2D eigenvalue weighted by atomic mass is 19.4. The van der Waals surface area contributed by atoms with E-state index in [1.807, 2.05) is 37.3 Å². The van der Waals surface area contributed by atoms with Crippen molar-refractivity contribution in [2.45, 2.75) is 39.4 Å². The molecule has 2 N–H and O–H groups in total. The second kappa shape index (κ2) is 12.2. The molecule has 0 aliphatic heterocycles. The Labute approximate surface area is 175 Å². The lowest BCUT2D eigenvalue weighted by Crippen LogP contribution is -2.36. The van der Waals surface area contributed by atoms with Gasteiger partial charge in [-0.15, -0.1) is 0 Å². The van der Waals surface area contributed by atoms with Gasteiger partial charge in [-0.1, -0.05) is 48.5 Å². The standard InChI is InChI=1S/C22H28F3N3O2/c1-3-26-21(28-13-19-5-4-6-20(11-19)14-29-2)27-12-17-7-9-18(10-8-17)15-30-16-22(23,24)25/h4-11H,3,12-16H2,1-2H3,(H2,26,27,28). The summed E-state index contributed by atoms with van der Waals surface area (Å²) in [4.78, 5) is 4.61. The van der Waals surface area contributed by atoms with Crippen LogP contribution in [0.4, 0.5) is 13.2 Å². The Morgan fingerprint density at radius 1 is 0.933 bits per heavy atom. The van der Waals surface area contributed by atoms with Crippen LogP contribution in [-0.4, -0.2) is 32.4 Å². The van der Waals surface area contributed by atoms with E-state index in [0.29, 0.717) is 31.2 Å². The number of benzene rings is 2. The highest BCUT2D eigenvalue weighted by molar-refractivity contribution is 5.79. The molecule has 0 fully saturated rings. The zero-order chi connectivity index (χ0) is 21.8. The Kier molecular flexibility index (Phi) is 9.63. The topological polar surface area (TPSA) is 54.9 Å². The van der Waals surface area contributed by atoms with Crippen molar-refractivity contribution >= 4 is 5.96 Å². The number of nitrogens with one attached hydrogen (secondary N) is 2. The minimum Gasteiger partial charge on any atom is -0.380 e. The Morgan fingerprint density at radius 3 is 2.30 bits per heavy atom. The molecule has 8 heteroatoms. The average Bonchev–Trinajstić information content (AvgIpc) is 2.71. The van der Waals surface area contributed by atoms with Gasteiger partial charge in [0.2, 0.25) is 0 Å². The molecular formula is C22H28F3N3O2. The van der Waals surface area contributed by atoms with Crippen LogP contribution in [0.2, 0.25) is 0 Å². The molecule has 2 aromatic carbocycles. The summed E-state index contributed by atoms with van der Waals surface area (Å²) in [5.41, 5.74) is 3.87. The zero-order valence-electron chi connectivity index (χ0n) is 17.3. The van der Waals surface area contributed by atoms with Crippen LogP contribution in [0, 0.1) is 0 Å². The van der Waals surface area contributed by atoms with Crippen molar-refractivity contribution in [3.05, 3.63) is 70.8 Å². The minimum absolute atomic E-state index is 0.0700. The lowest BCUT2D eigenvalue weighted by atomic mass is 10.1. The maximum absolute atomic E-state index is 12.1. The molecule has 2 rings (SSSR count). The average molecular weight is 423 g/mol. The van der Waals surface area contributed by atoms with Gasteiger partial charge >= 0.3 is 6.18 Å². The molecule has 5 nitrogen and oxygen atoms in total. The van der Waals surface area contributed by atoms with Crippen molar-refractivity contribution in [3.8, 4) is 0 Å². The molecule has 164 valence electrons. The number of nitrogens with zero attached hydrogens (tertiary/aromatic N) is 1. The molecule has 0 radical (unpaired) electrons.